The minimum atomic E-state index is 0.272. The SMILES string of the molecule is CN=CC=CC=C(C)C(C)(C)C. The Morgan fingerprint density at radius 3 is 2.17 bits per heavy atom. The molecule has 0 heterocycles. The molecule has 0 aromatic rings. The first-order chi connectivity index (χ1) is 5.48. The quantitative estimate of drug-likeness (QED) is 0.440. The molecule has 0 aliphatic heterocycles. The first-order valence-corrected chi connectivity index (χ1v) is 4.24. The smallest absolute Gasteiger partial charge is 0.0277 e. The second-order valence-electron chi connectivity index (χ2n) is 3.89. The zero-order chi connectivity index (χ0) is 9.61. The molecule has 0 spiro atoms. The van der Waals surface area contributed by atoms with Crippen LogP contribution < -0.4 is 0 Å². The topological polar surface area (TPSA) is 12.4 Å². The van der Waals surface area contributed by atoms with Crippen LogP contribution in [0, 0.1) is 5.41 Å². The minimum absolute atomic E-state index is 0.272. The van der Waals surface area contributed by atoms with Gasteiger partial charge in [0, 0.05) is 13.3 Å². The van der Waals surface area contributed by atoms with Gasteiger partial charge in [-0.15, -0.1) is 0 Å². The number of hydrogen-bond donors (Lipinski definition) is 0. The number of rotatable bonds is 2. The van der Waals surface area contributed by atoms with E-state index in [1.807, 2.05) is 12.2 Å². The standard InChI is InChI=1S/C11H19N/c1-10(11(2,3)4)8-6-7-9-12-5/h6-9H,1-5H3. The molecule has 0 N–H and O–H groups in total. The summed E-state index contributed by atoms with van der Waals surface area (Å²) in [4.78, 5) is 3.85. The molecule has 0 rings (SSSR count). The van der Waals surface area contributed by atoms with Gasteiger partial charge in [0.1, 0.15) is 0 Å². The van der Waals surface area contributed by atoms with Crippen molar-refractivity contribution in [1.82, 2.24) is 0 Å². The van der Waals surface area contributed by atoms with Crippen molar-refractivity contribution in [2.75, 3.05) is 7.05 Å². The molecule has 0 aromatic carbocycles. The van der Waals surface area contributed by atoms with E-state index in [9.17, 15) is 0 Å². The van der Waals surface area contributed by atoms with Crippen molar-refractivity contribution >= 4 is 6.21 Å². The zero-order valence-electron chi connectivity index (χ0n) is 8.76. The van der Waals surface area contributed by atoms with Gasteiger partial charge in [0.25, 0.3) is 0 Å². The fourth-order valence-electron chi connectivity index (χ4n) is 0.586. The fourth-order valence-corrected chi connectivity index (χ4v) is 0.586. The lowest BCUT2D eigenvalue weighted by Crippen LogP contribution is -2.05. The summed E-state index contributed by atoms with van der Waals surface area (Å²) < 4.78 is 0. The third kappa shape index (κ3) is 4.89. The molecule has 1 heteroatoms. The van der Waals surface area contributed by atoms with Gasteiger partial charge >= 0.3 is 0 Å². The van der Waals surface area contributed by atoms with Crippen LogP contribution in [0.3, 0.4) is 0 Å². The van der Waals surface area contributed by atoms with Crippen LogP contribution in [0.4, 0.5) is 0 Å². The summed E-state index contributed by atoms with van der Waals surface area (Å²) >= 11 is 0. The lowest BCUT2D eigenvalue weighted by molar-refractivity contribution is 0.504. The van der Waals surface area contributed by atoms with Crippen molar-refractivity contribution in [3.63, 3.8) is 0 Å². The van der Waals surface area contributed by atoms with Gasteiger partial charge in [-0.05, 0) is 18.4 Å². The molecular formula is C11H19N. The van der Waals surface area contributed by atoms with E-state index in [1.54, 1.807) is 13.3 Å². The molecule has 0 aliphatic rings. The first kappa shape index (κ1) is 11.2. The van der Waals surface area contributed by atoms with Gasteiger partial charge in [-0.1, -0.05) is 38.5 Å². The largest absolute Gasteiger partial charge is 0.297 e. The Labute approximate surface area is 75.9 Å². The van der Waals surface area contributed by atoms with E-state index in [1.165, 1.54) is 5.57 Å². The molecule has 0 aliphatic carbocycles. The molecule has 0 atom stereocenters. The van der Waals surface area contributed by atoms with Crippen LogP contribution in [0.15, 0.2) is 28.8 Å². The lowest BCUT2D eigenvalue weighted by atomic mass is 9.87. The summed E-state index contributed by atoms with van der Waals surface area (Å²) in [6.45, 7) is 8.77. The van der Waals surface area contributed by atoms with Crippen molar-refractivity contribution in [3.8, 4) is 0 Å². The average Bonchev–Trinajstić information content (AvgIpc) is 1.96. The van der Waals surface area contributed by atoms with Crippen LogP contribution in [-0.4, -0.2) is 13.3 Å². The van der Waals surface area contributed by atoms with E-state index < -0.39 is 0 Å². The fraction of sp³-hybridized carbons (Fsp3) is 0.545. The van der Waals surface area contributed by atoms with E-state index in [4.69, 9.17) is 0 Å². The zero-order valence-corrected chi connectivity index (χ0v) is 8.76. The van der Waals surface area contributed by atoms with Crippen LogP contribution in [0.1, 0.15) is 27.7 Å². The van der Waals surface area contributed by atoms with Crippen LogP contribution >= 0.6 is 0 Å². The van der Waals surface area contributed by atoms with Crippen LogP contribution in [-0.2, 0) is 0 Å². The van der Waals surface area contributed by atoms with Gasteiger partial charge in [-0.2, -0.15) is 0 Å². The Hall–Kier alpha value is -0.850. The Morgan fingerprint density at radius 2 is 1.75 bits per heavy atom. The summed E-state index contributed by atoms with van der Waals surface area (Å²) in [5.41, 5.74) is 1.65. The summed E-state index contributed by atoms with van der Waals surface area (Å²) in [7, 11) is 1.77. The third-order valence-electron chi connectivity index (χ3n) is 1.88. The van der Waals surface area contributed by atoms with Gasteiger partial charge in [0.2, 0.25) is 0 Å². The highest BCUT2D eigenvalue weighted by atomic mass is 14.6. The predicted octanol–water partition coefficient (Wildman–Crippen LogP) is 3.24. The summed E-state index contributed by atoms with van der Waals surface area (Å²) in [5, 5.41) is 0. The highest BCUT2D eigenvalue weighted by Crippen LogP contribution is 2.23. The Kier molecular flexibility index (Phi) is 4.57. The third-order valence-corrected chi connectivity index (χ3v) is 1.88. The number of aliphatic imine (C=N–C) groups is 1. The van der Waals surface area contributed by atoms with E-state index in [0.29, 0.717) is 0 Å². The highest BCUT2D eigenvalue weighted by molar-refractivity contribution is 5.71. The molecule has 68 valence electrons. The monoisotopic (exact) mass is 165 g/mol. The number of allylic oxidation sites excluding steroid dienone is 4. The summed E-state index contributed by atoms with van der Waals surface area (Å²) in [5.74, 6) is 0. The molecule has 0 saturated heterocycles. The Morgan fingerprint density at radius 1 is 1.17 bits per heavy atom. The molecule has 0 saturated carbocycles. The molecule has 0 amide bonds. The molecule has 1 nitrogen and oxygen atoms in total. The molecule has 0 fully saturated rings. The second kappa shape index (κ2) is 4.91. The van der Waals surface area contributed by atoms with Crippen LogP contribution in [0.2, 0.25) is 0 Å². The predicted molar refractivity (Wildman–Crippen MR) is 56.8 cm³/mol. The van der Waals surface area contributed by atoms with Crippen LogP contribution in [0.5, 0.6) is 0 Å². The first-order valence-electron chi connectivity index (χ1n) is 4.24. The molecule has 0 aromatic heterocycles. The maximum absolute atomic E-state index is 3.85. The van der Waals surface area contributed by atoms with Gasteiger partial charge in [0.05, 0.1) is 0 Å². The number of nitrogens with zero attached hydrogens (tertiary/aromatic N) is 1. The number of hydrogen-bond acceptors (Lipinski definition) is 1. The van der Waals surface area contributed by atoms with Crippen molar-refractivity contribution in [3.05, 3.63) is 23.8 Å². The molecule has 0 bridgehead atoms. The summed E-state index contributed by atoms with van der Waals surface area (Å²) in [6, 6.07) is 0. The molecule has 0 radical (unpaired) electrons. The maximum Gasteiger partial charge on any atom is 0.0277 e. The van der Waals surface area contributed by atoms with Gasteiger partial charge < -0.3 is 0 Å². The van der Waals surface area contributed by atoms with E-state index in [-0.39, 0.29) is 5.41 Å². The van der Waals surface area contributed by atoms with Crippen molar-refractivity contribution in [2.24, 2.45) is 10.4 Å². The van der Waals surface area contributed by atoms with Gasteiger partial charge in [-0.3, -0.25) is 4.99 Å². The van der Waals surface area contributed by atoms with Gasteiger partial charge in [0.15, 0.2) is 0 Å². The Balaban J connectivity index is 4.19. The van der Waals surface area contributed by atoms with E-state index in [2.05, 4.69) is 38.8 Å². The minimum Gasteiger partial charge on any atom is -0.297 e. The highest BCUT2D eigenvalue weighted by Gasteiger charge is 2.10. The van der Waals surface area contributed by atoms with Crippen molar-refractivity contribution < 1.29 is 0 Å². The molecular weight excluding hydrogens is 146 g/mol. The van der Waals surface area contributed by atoms with E-state index in [0.717, 1.165) is 0 Å². The molecule has 12 heavy (non-hydrogen) atoms. The lowest BCUT2D eigenvalue weighted by Gasteiger charge is -2.18. The maximum atomic E-state index is 3.85. The molecule has 0 unspecified atom stereocenters. The van der Waals surface area contributed by atoms with Crippen molar-refractivity contribution in [2.45, 2.75) is 27.7 Å². The van der Waals surface area contributed by atoms with Crippen LogP contribution in [0.25, 0.3) is 0 Å². The van der Waals surface area contributed by atoms with Crippen molar-refractivity contribution in [1.29, 1.82) is 0 Å². The Bertz CT molecular complexity index is 202. The van der Waals surface area contributed by atoms with E-state index >= 15 is 0 Å². The summed E-state index contributed by atoms with van der Waals surface area (Å²) in [6.07, 6.45) is 7.87. The van der Waals surface area contributed by atoms with Gasteiger partial charge in [-0.25, -0.2) is 0 Å². The average molecular weight is 165 g/mol. The second-order valence-corrected chi connectivity index (χ2v) is 3.89. The normalized spacial score (nSPS) is 14.9.